The SMILES string of the molecule is Cc1cccc(Cn2cnc(NC(=O)C(C)n3cc(C)cn3)n2)c1. The van der Waals surface area contributed by atoms with Gasteiger partial charge >= 0.3 is 0 Å². The molecule has 0 spiro atoms. The Kier molecular flexibility index (Phi) is 4.41. The number of hydrogen-bond acceptors (Lipinski definition) is 4. The molecular weight excluding hydrogens is 304 g/mol. The summed E-state index contributed by atoms with van der Waals surface area (Å²) in [5.74, 6) is 0.0924. The van der Waals surface area contributed by atoms with Gasteiger partial charge in [0, 0.05) is 6.20 Å². The van der Waals surface area contributed by atoms with Crippen LogP contribution in [0.25, 0.3) is 0 Å². The van der Waals surface area contributed by atoms with Gasteiger partial charge in [-0.3, -0.25) is 14.8 Å². The fourth-order valence-corrected chi connectivity index (χ4v) is 2.41. The van der Waals surface area contributed by atoms with E-state index < -0.39 is 6.04 Å². The van der Waals surface area contributed by atoms with Crippen LogP contribution in [-0.4, -0.2) is 30.5 Å². The number of hydrogen-bond donors (Lipinski definition) is 1. The van der Waals surface area contributed by atoms with Crippen LogP contribution in [0.2, 0.25) is 0 Å². The molecule has 7 nitrogen and oxygen atoms in total. The Bertz CT molecular complexity index is 850. The van der Waals surface area contributed by atoms with Gasteiger partial charge in [-0.1, -0.05) is 29.8 Å². The average Bonchev–Trinajstić information content (AvgIpc) is 3.16. The number of amides is 1. The molecule has 3 rings (SSSR count). The van der Waals surface area contributed by atoms with Crippen LogP contribution in [0.3, 0.4) is 0 Å². The van der Waals surface area contributed by atoms with Gasteiger partial charge in [0.1, 0.15) is 12.4 Å². The molecule has 1 amide bonds. The first kappa shape index (κ1) is 15.9. The number of aryl methyl sites for hydroxylation is 2. The quantitative estimate of drug-likeness (QED) is 0.781. The molecule has 1 N–H and O–H groups in total. The largest absolute Gasteiger partial charge is 0.291 e. The third kappa shape index (κ3) is 3.68. The van der Waals surface area contributed by atoms with E-state index in [0.29, 0.717) is 12.5 Å². The monoisotopic (exact) mass is 324 g/mol. The van der Waals surface area contributed by atoms with E-state index >= 15 is 0 Å². The molecule has 0 saturated heterocycles. The molecule has 1 atom stereocenters. The van der Waals surface area contributed by atoms with Crippen molar-refractivity contribution in [1.82, 2.24) is 24.5 Å². The van der Waals surface area contributed by atoms with E-state index in [1.165, 1.54) is 5.56 Å². The zero-order chi connectivity index (χ0) is 17.1. The first-order valence-electron chi connectivity index (χ1n) is 7.78. The Labute approximate surface area is 140 Å². The zero-order valence-corrected chi connectivity index (χ0v) is 14.0. The van der Waals surface area contributed by atoms with Crippen molar-refractivity contribution in [2.24, 2.45) is 0 Å². The van der Waals surface area contributed by atoms with Crippen LogP contribution in [-0.2, 0) is 11.3 Å². The molecule has 0 bridgehead atoms. The van der Waals surface area contributed by atoms with Gasteiger partial charge in [-0.2, -0.15) is 5.10 Å². The van der Waals surface area contributed by atoms with E-state index in [2.05, 4.69) is 39.6 Å². The summed E-state index contributed by atoms with van der Waals surface area (Å²) in [5.41, 5.74) is 3.35. The summed E-state index contributed by atoms with van der Waals surface area (Å²) in [6, 6.07) is 7.77. The van der Waals surface area contributed by atoms with Gasteiger partial charge in [-0.15, -0.1) is 5.10 Å². The number of carbonyl (C=O) groups is 1. The smallest absolute Gasteiger partial charge is 0.251 e. The van der Waals surface area contributed by atoms with E-state index in [0.717, 1.165) is 11.1 Å². The molecule has 0 aliphatic rings. The molecule has 0 radical (unpaired) electrons. The van der Waals surface area contributed by atoms with Crippen LogP contribution in [0.1, 0.15) is 29.7 Å². The Morgan fingerprint density at radius 3 is 2.83 bits per heavy atom. The first-order chi connectivity index (χ1) is 11.5. The number of rotatable bonds is 5. The maximum atomic E-state index is 12.3. The fraction of sp³-hybridized carbons (Fsp3) is 0.294. The lowest BCUT2D eigenvalue weighted by molar-refractivity contribution is -0.119. The summed E-state index contributed by atoms with van der Waals surface area (Å²) in [4.78, 5) is 16.4. The Balaban J connectivity index is 1.64. The van der Waals surface area contributed by atoms with Crippen molar-refractivity contribution in [2.45, 2.75) is 33.4 Å². The number of nitrogens with zero attached hydrogens (tertiary/aromatic N) is 5. The van der Waals surface area contributed by atoms with Crippen molar-refractivity contribution in [3.63, 3.8) is 0 Å². The highest BCUT2D eigenvalue weighted by Gasteiger charge is 2.17. The molecule has 7 heteroatoms. The molecule has 0 aliphatic carbocycles. The molecule has 24 heavy (non-hydrogen) atoms. The van der Waals surface area contributed by atoms with Gasteiger partial charge in [0.2, 0.25) is 5.95 Å². The van der Waals surface area contributed by atoms with Crippen LogP contribution >= 0.6 is 0 Å². The van der Waals surface area contributed by atoms with Crippen LogP contribution in [0, 0.1) is 13.8 Å². The summed E-state index contributed by atoms with van der Waals surface area (Å²) in [5, 5.41) is 11.2. The second kappa shape index (κ2) is 6.66. The average molecular weight is 324 g/mol. The maximum absolute atomic E-state index is 12.3. The second-order valence-corrected chi connectivity index (χ2v) is 5.92. The Morgan fingerprint density at radius 1 is 1.29 bits per heavy atom. The van der Waals surface area contributed by atoms with E-state index in [-0.39, 0.29) is 5.91 Å². The summed E-state index contributed by atoms with van der Waals surface area (Å²) in [7, 11) is 0. The third-order valence-corrected chi connectivity index (χ3v) is 3.71. The maximum Gasteiger partial charge on any atom is 0.251 e. The van der Waals surface area contributed by atoms with E-state index in [9.17, 15) is 4.79 Å². The lowest BCUT2D eigenvalue weighted by Crippen LogP contribution is -2.24. The van der Waals surface area contributed by atoms with Crippen molar-refractivity contribution in [2.75, 3.05) is 5.32 Å². The molecule has 0 fully saturated rings. The number of aromatic nitrogens is 5. The van der Waals surface area contributed by atoms with Crippen LogP contribution < -0.4 is 5.32 Å². The number of benzene rings is 1. The molecular formula is C17H20N6O. The molecule has 0 aliphatic heterocycles. The molecule has 0 saturated carbocycles. The predicted molar refractivity (Wildman–Crippen MR) is 90.6 cm³/mol. The van der Waals surface area contributed by atoms with Crippen molar-refractivity contribution < 1.29 is 4.79 Å². The van der Waals surface area contributed by atoms with E-state index in [1.54, 1.807) is 28.8 Å². The number of carbonyl (C=O) groups excluding carboxylic acids is 1. The molecule has 1 aromatic carbocycles. The molecule has 3 aromatic rings. The highest BCUT2D eigenvalue weighted by Crippen LogP contribution is 2.10. The van der Waals surface area contributed by atoms with E-state index in [1.807, 2.05) is 25.3 Å². The summed E-state index contributed by atoms with van der Waals surface area (Å²) >= 11 is 0. The third-order valence-electron chi connectivity index (χ3n) is 3.71. The van der Waals surface area contributed by atoms with Gasteiger partial charge in [-0.05, 0) is 31.9 Å². The van der Waals surface area contributed by atoms with Crippen LogP contribution in [0.4, 0.5) is 5.95 Å². The Morgan fingerprint density at radius 2 is 2.12 bits per heavy atom. The molecule has 124 valence electrons. The summed E-state index contributed by atoms with van der Waals surface area (Å²) < 4.78 is 3.32. The van der Waals surface area contributed by atoms with Gasteiger partial charge in [0.25, 0.3) is 5.91 Å². The van der Waals surface area contributed by atoms with Crippen LogP contribution in [0.5, 0.6) is 0 Å². The lowest BCUT2D eigenvalue weighted by atomic mass is 10.1. The van der Waals surface area contributed by atoms with E-state index in [4.69, 9.17) is 0 Å². The minimum atomic E-state index is -0.428. The molecule has 1 unspecified atom stereocenters. The summed E-state index contributed by atoms with van der Waals surface area (Å²) in [6.45, 7) is 6.38. The minimum Gasteiger partial charge on any atom is -0.291 e. The fourth-order valence-electron chi connectivity index (χ4n) is 2.41. The topological polar surface area (TPSA) is 77.6 Å². The second-order valence-electron chi connectivity index (χ2n) is 5.92. The minimum absolute atomic E-state index is 0.202. The first-order valence-corrected chi connectivity index (χ1v) is 7.78. The van der Waals surface area contributed by atoms with Gasteiger partial charge < -0.3 is 0 Å². The standard InChI is InChI=1S/C17H20N6O/c1-12-5-4-6-15(7-12)10-22-11-18-17(21-22)20-16(24)14(3)23-9-13(2)8-19-23/h4-9,11,14H,10H2,1-3H3,(H,20,21,24). The molecule has 2 heterocycles. The highest BCUT2D eigenvalue weighted by atomic mass is 16.2. The predicted octanol–water partition coefficient (Wildman–Crippen LogP) is 2.34. The number of anilines is 1. The summed E-state index contributed by atoms with van der Waals surface area (Å²) in [6.07, 6.45) is 5.16. The zero-order valence-electron chi connectivity index (χ0n) is 14.0. The lowest BCUT2D eigenvalue weighted by Gasteiger charge is -2.10. The van der Waals surface area contributed by atoms with Crippen molar-refractivity contribution in [1.29, 1.82) is 0 Å². The number of nitrogens with one attached hydrogen (secondary N) is 1. The van der Waals surface area contributed by atoms with Crippen molar-refractivity contribution in [3.05, 3.63) is 59.7 Å². The Hall–Kier alpha value is -2.96. The normalized spacial score (nSPS) is 12.1. The van der Waals surface area contributed by atoms with Crippen molar-refractivity contribution in [3.8, 4) is 0 Å². The van der Waals surface area contributed by atoms with Gasteiger partial charge in [0.05, 0.1) is 12.7 Å². The van der Waals surface area contributed by atoms with Gasteiger partial charge in [0.15, 0.2) is 0 Å². The van der Waals surface area contributed by atoms with Crippen molar-refractivity contribution >= 4 is 11.9 Å². The van der Waals surface area contributed by atoms with Gasteiger partial charge in [-0.25, -0.2) is 9.67 Å². The molecule has 2 aromatic heterocycles. The highest BCUT2D eigenvalue weighted by molar-refractivity contribution is 5.91. The van der Waals surface area contributed by atoms with Crippen LogP contribution in [0.15, 0.2) is 43.0 Å².